The average Bonchev–Trinajstić information content (AvgIpc) is 2.72. The molecule has 0 unspecified atom stereocenters. The van der Waals surface area contributed by atoms with Crippen LogP contribution in [-0.2, 0) is 11.3 Å². The topological polar surface area (TPSA) is 55.2 Å². The van der Waals surface area contributed by atoms with Gasteiger partial charge in [-0.15, -0.1) is 0 Å². The highest BCUT2D eigenvalue weighted by atomic mass is 32.2. The third kappa shape index (κ3) is 4.44. The predicted molar refractivity (Wildman–Crippen MR) is 115 cm³/mol. The molecule has 0 saturated heterocycles. The highest BCUT2D eigenvalue weighted by Crippen LogP contribution is 2.22. The summed E-state index contributed by atoms with van der Waals surface area (Å²) in [4.78, 5) is 32.0. The van der Waals surface area contributed by atoms with Gasteiger partial charge >= 0.3 is 0 Å². The lowest BCUT2D eigenvalue weighted by molar-refractivity contribution is -0.127. The quantitative estimate of drug-likeness (QED) is 0.446. The highest BCUT2D eigenvalue weighted by molar-refractivity contribution is 7.99. The van der Waals surface area contributed by atoms with E-state index in [2.05, 4.69) is 4.98 Å². The molecule has 1 amide bonds. The summed E-state index contributed by atoms with van der Waals surface area (Å²) in [6.07, 6.45) is 0.815. The van der Waals surface area contributed by atoms with E-state index in [4.69, 9.17) is 0 Å². The van der Waals surface area contributed by atoms with E-state index in [0.29, 0.717) is 22.6 Å². The first-order valence-electron chi connectivity index (χ1n) is 9.43. The zero-order valence-corrected chi connectivity index (χ0v) is 17.3. The van der Waals surface area contributed by atoms with E-state index in [0.717, 1.165) is 12.0 Å². The van der Waals surface area contributed by atoms with Crippen LogP contribution >= 0.6 is 11.8 Å². The molecule has 0 bridgehead atoms. The third-order valence-electron chi connectivity index (χ3n) is 4.82. The number of para-hydroxylation sites is 1. The molecule has 0 aliphatic carbocycles. The molecule has 0 spiro atoms. The second-order valence-electron chi connectivity index (χ2n) is 6.87. The van der Waals surface area contributed by atoms with Crippen molar-refractivity contribution in [2.75, 3.05) is 12.8 Å². The number of amides is 1. The van der Waals surface area contributed by atoms with Crippen molar-refractivity contribution in [2.24, 2.45) is 0 Å². The van der Waals surface area contributed by atoms with Crippen molar-refractivity contribution in [3.63, 3.8) is 0 Å². The molecule has 3 aromatic rings. The summed E-state index contributed by atoms with van der Waals surface area (Å²) in [6, 6.07) is 17.3. The van der Waals surface area contributed by atoms with Crippen LogP contribution in [0, 0.1) is 0 Å². The van der Waals surface area contributed by atoms with Crippen LogP contribution < -0.4 is 5.56 Å². The molecule has 0 aliphatic heterocycles. The summed E-state index contributed by atoms with van der Waals surface area (Å²) in [5.74, 6) is 0.247. The van der Waals surface area contributed by atoms with Gasteiger partial charge < -0.3 is 4.90 Å². The predicted octanol–water partition coefficient (Wildman–Crippen LogP) is 4.12. The molecule has 0 fully saturated rings. The van der Waals surface area contributed by atoms with E-state index < -0.39 is 0 Å². The van der Waals surface area contributed by atoms with Crippen molar-refractivity contribution < 1.29 is 4.79 Å². The molecule has 0 N–H and O–H groups in total. The first kappa shape index (κ1) is 20.1. The number of aromatic nitrogens is 2. The van der Waals surface area contributed by atoms with Gasteiger partial charge in [0, 0.05) is 19.6 Å². The Kier molecular flexibility index (Phi) is 6.52. The number of rotatable bonds is 7. The Balaban J connectivity index is 1.81. The minimum Gasteiger partial charge on any atom is -0.341 e. The molecule has 1 heterocycles. The van der Waals surface area contributed by atoms with E-state index in [1.807, 2.05) is 62.4 Å². The first-order chi connectivity index (χ1) is 13.5. The van der Waals surface area contributed by atoms with Gasteiger partial charge in [0.2, 0.25) is 5.91 Å². The van der Waals surface area contributed by atoms with Gasteiger partial charge in [0.25, 0.3) is 5.56 Å². The van der Waals surface area contributed by atoms with Crippen LogP contribution in [0.1, 0.15) is 31.9 Å². The summed E-state index contributed by atoms with van der Waals surface area (Å²) in [7, 11) is 1.80. The van der Waals surface area contributed by atoms with Crippen molar-refractivity contribution in [2.45, 2.75) is 38.0 Å². The molecular weight excluding hydrogens is 370 g/mol. The molecule has 6 heteroatoms. The van der Waals surface area contributed by atoms with Gasteiger partial charge in [0.05, 0.1) is 16.7 Å². The molecule has 3 rings (SSSR count). The summed E-state index contributed by atoms with van der Waals surface area (Å²) >= 11 is 1.33. The zero-order chi connectivity index (χ0) is 20.1. The summed E-state index contributed by atoms with van der Waals surface area (Å²) < 4.78 is 1.72. The van der Waals surface area contributed by atoms with Crippen LogP contribution in [0.25, 0.3) is 10.9 Å². The maximum absolute atomic E-state index is 13.0. The minimum absolute atomic E-state index is 0.00645. The Labute approximate surface area is 169 Å². The summed E-state index contributed by atoms with van der Waals surface area (Å²) in [5, 5.41) is 1.21. The maximum atomic E-state index is 13.0. The van der Waals surface area contributed by atoms with Crippen LogP contribution in [0.2, 0.25) is 0 Å². The zero-order valence-electron chi connectivity index (χ0n) is 16.5. The Bertz CT molecular complexity index is 1020. The number of hydrogen-bond donors (Lipinski definition) is 0. The Morgan fingerprint density at radius 2 is 1.82 bits per heavy atom. The number of benzene rings is 2. The van der Waals surface area contributed by atoms with Crippen LogP contribution in [-0.4, -0.2) is 33.2 Å². The van der Waals surface area contributed by atoms with Crippen molar-refractivity contribution >= 4 is 28.6 Å². The lowest BCUT2D eigenvalue weighted by atomic mass is 10.2. The van der Waals surface area contributed by atoms with E-state index in [1.54, 1.807) is 22.6 Å². The smallest absolute Gasteiger partial charge is 0.262 e. The Morgan fingerprint density at radius 1 is 1.14 bits per heavy atom. The lowest BCUT2D eigenvalue weighted by Crippen LogP contribution is -2.29. The monoisotopic (exact) mass is 395 g/mol. The highest BCUT2D eigenvalue weighted by Gasteiger charge is 2.17. The number of carbonyl (C=O) groups is 1. The van der Waals surface area contributed by atoms with Crippen molar-refractivity contribution in [1.29, 1.82) is 0 Å². The third-order valence-corrected chi connectivity index (χ3v) is 5.76. The second kappa shape index (κ2) is 9.06. The molecule has 1 atom stereocenters. The first-order valence-corrected chi connectivity index (χ1v) is 10.4. The average molecular weight is 396 g/mol. The van der Waals surface area contributed by atoms with Gasteiger partial charge in [-0.05, 0) is 31.0 Å². The molecule has 5 nitrogen and oxygen atoms in total. The van der Waals surface area contributed by atoms with Crippen LogP contribution in [0.15, 0.2) is 64.5 Å². The number of carbonyl (C=O) groups excluding carboxylic acids is 1. The standard InChI is InChI=1S/C22H25N3O2S/c1-4-16(2)25-21(27)18-12-8-9-13-19(18)23-22(25)28-15-20(26)24(3)14-17-10-6-5-7-11-17/h5-13,16H,4,14-15H2,1-3H3/t16-/m1/s1. The second-order valence-corrected chi connectivity index (χ2v) is 7.81. The molecule has 146 valence electrons. The van der Waals surface area contributed by atoms with Gasteiger partial charge in [-0.25, -0.2) is 4.98 Å². The van der Waals surface area contributed by atoms with Crippen molar-refractivity contribution in [1.82, 2.24) is 14.5 Å². The maximum Gasteiger partial charge on any atom is 0.262 e. The Morgan fingerprint density at radius 3 is 2.54 bits per heavy atom. The molecule has 0 radical (unpaired) electrons. The summed E-state index contributed by atoms with van der Waals surface area (Å²) in [5.41, 5.74) is 1.70. The molecule has 1 aromatic heterocycles. The van der Waals surface area contributed by atoms with E-state index >= 15 is 0 Å². The number of nitrogens with zero attached hydrogens (tertiary/aromatic N) is 3. The number of thioether (sulfide) groups is 1. The SMILES string of the molecule is CC[C@@H](C)n1c(SCC(=O)N(C)Cc2ccccc2)nc2ccccc2c1=O. The molecule has 28 heavy (non-hydrogen) atoms. The van der Waals surface area contributed by atoms with Gasteiger partial charge in [0.15, 0.2) is 5.16 Å². The molecule has 0 saturated carbocycles. The van der Waals surface area contributed by atoms with Crippen LogP contribution in [0.4, 0.5) is 0 Å². The van der Waals surface area contributed by atoms with Gasteiger partial charge in [-0.3, -0.25) is 14.2 Å². The van der Waals surface area contributed by atoms with E-state index in [1.165, 1.54) is 11.8 Å². The lowest BCUT2D eigenvalue weighted by Gasteiger charge is -2.20. The molecular formula is C22H25N3O2S. The summed E-state index contributed by atoms with van der Waals surface area (Å²) in [6.45, 7) is 4.61. The molecule has 0 aliphatic rings. The van der Waals surface area contributed by atoms with Gasteiger partial charge in [0.1, 0.15) is 0 Å². The van der Waals surface area contributed by atoms with Crippen molar-refractivity contribution in [3.8, 4) is 0 Å². The molecule has 2 aromatic carbocycles. The van der Waals surface area contributed by atoms with Gasteiger partial charge in [-0.2, -0.15) is 0 Å². The number of fused-ring (bicyclic) bond motifs is 1. The number of hydrogen-bond acceptors (Lipinski definition) is 4. The fourth-order valence-corrected chi connectivity index (χ4v) is 4.02. The van der Waals surface area contributed by atoms with Crippen molar-refractivity contribution in [3.05, 3.63) is 70.5 Å². The van der Waals surface area contributed by atoms with Gasteiger partial charge in [-0.1, -0.05) is 61.2 Å². The Hall–Kier alpha value is -2.60. The van der Waals surface area contributed by atoms with Crippen LogP contribution in [0.5, 0.6) is 0 Å². The van der Waals surface area contributed by atoms with E-state index in [9.17, 15) is 9.59 Å². The fourth-order valence-electron chi connectivity index (χ4n) is 2.98. The normalized spacial score (nSPS) is 12.1. The van der Waals surface area contributed by atoms with E-state index in [-0.39, 0.29) is 23.3 Å². The largest absolute Gasteiger partial charge is 0.341 e. The fraction of sp³-hybridized carbons (Fsp3) is 0.318. The minimum atomic E-state index is -0.0486. The van der Waals surface area contributed by atoms with Crippen LogP contribution in [0.3, 0.4) is 0 Å².